The van der Waals surface area contributed by atoms with E-state index in [1.54, 1.807) is 18.2 Å². The molecule has 0 fully saturated rings. The first-order chi connectivity index (χ1) is 13.1. The predicted octanol–water partition coefficient (Wildman–Crippen LogP) is 3.72. The number of ketones is 1. The highest BCUT2D eigenvalue weighted by Crippen LogP contribution is 2.26. The van der Waals surface area contributed by atoms with Gasteiger partial charge in [-0.05, 0) is 66.6 Å². The van der Waals surface area contributed by atoms with E-state index in [4.69, 9.17) is 9.47 Å². The molecule has 3 rings (SSSR count). The molecule has 0 saturated carbocycles. The molecule has 0 atom stereocenters. The molecule has 140 valence electrons. The van der Waals surface area contributed by atoms with Crippen molar-refractivity contribution in [2.24, 2.45) is 0 Å². The van der Waals surface area contributed by atoms with Gasteiger partial charge in [0.25, 0.3) is 0 Å². The van der Waals surface area contributed by atoms with Crippen molar-refractivity contribution < 1.29 is 24.2 Å². The van der Waals surface area contributed by atoms with Crippen LogP contribution in [0.25, 0.3) is 6.08 Å². The zero-order valence-electron chi connectivity index (χ0n) is 15.2. The van der Waals surface area contributed by atoms with Crippen LogP contribution in [-0.2, 0) is 22.4 Å². The first-order valence-corrected chi connectivity index (χ1v) is 8.93. The Kier molecular flexibility index (Phi) is 5.91. The summed E-state index contributed by atoms with van der Waals surface area (Å²) in [5.74, 6) is -0.481. The van der Waals surface area contributed by atoms with Gasteiger partial charge in [-0.3, -0.25) is 4.79 Å². The Morgan fingerprint density at radius 3 is 2.63 bits per heavy atom. The molecule has 0 amide bonds. The lowest BCUT2D eigenvalue weighted by atomic mass is 9.90. The summed E-state index contributed by atoms with van der Waals surface area (Å²) < 4.78 is 10.1. The molecule has 5 nitrogen and oxygen atoms in total. The molecular weight excluding hydrogens is 344 g/mol. The summed E-state index contributed by atoms with van der Waals surface area (Å²) >= 11 is 0. The lowest BCUT2D eigenvalue weighted by Gasteiger charge is -2.16. The standard InChI is InChI=1S/C22H22O5/c1-26-21-12-15(6-10-19(21)23)7-11-22(25)27-14-20(24)18-9-8-16-4-2-3-5-17(16)13-18/h6-13,23H,2-5,14H2,1H3/b11-7+. The number of carbonyl (C=O) groups is 2. The highest BCUT2D eigenvalue weighted by Gasteiger charge is 2.14. The fourth-order valence-electron chi connectivity index (χ4n) is 3.14. The number of carbonyl (C=O) groups excluding carboxylic acids is 2. The van der Waals surface area contributed by atoms with Crippen molar-refractivity contribution >= 4 is 17.8 Å². The number of fused-ring (bicyclic) bond motifs is 1. The smallest absolute Gasteiger partial charge is 0.331 e. The summed E-state index contributed by atoms with van der Waals surface area (Å²) in [5.41, 5.74) is 3.78. The van der Waals surface area contributed by atoms with E-state index >= 15 is 0 Å². The average molecular weight is 366 g/mol. The van der Waals surface area contributed by atoms with Crippen LogP contribution in [0.1, 0.15) is 39.9 Å². The summed E-state index contributed by atoms with van der Waals surface area (Å²) in [6.07, 6.45) is 7.17. The number of rotatable bonds is 6. The quantitative estimate of drug-likeness (QED) is 0.479. The number of phenolic OH excluding ortho intramolecular Hbond substituents is 1. The minimum atomic E-state index is -0.603. The lowest BCUT2D eigenvalue weighted by Crippen LogP contribution is -2.13. The van der Waals surface area contributed by atoms with E-state index in [2.05, 4.69) is 0 Å². The molecule has 0 aromatic heterocycles. The Morgan fingerprint density at radius 2 is 1.85 bits per heavy atom. The van der Waals surface area contributed by atoms with Crippen molar-refractivity contribution in [2.45, 2.75) is 25.7 Å². The van der Waals surface area contributed by atoms with Gasteiger partial charge in [-0.25, -0.2) is 4.79 Å². The topological polar surface area (TPSA) is 72.8 Å². The summed E-state index contributed by atoms with van der Waals surface area (Å²) in [6.45, 7) is -0.291. The van der Waals surface area contributed by atoms with Gasteiger partial charge in [0.15, 0.2) is 23.9 Å². The average Bonchev–Trinajstić information content (AvgIpc) is 2.71. The number of phenols is 1. The minimum absolute atomic E-state index is 0.0212. The first-order valence-electron chi connectivity index (χ1n) is 8.93. The maximum Gasteiger partial charge on any atom is 0.331 e. The van der Waals surface area contributed by atoms with Crippen LogP contribution in [0, 0.1) is 0 Å². The normalized spacial score (nSPS) is 13.2. The molecule has 0 saturated heterocycles. The number of Topliss-reactive ketones (excluding diaryl/α,β-unsaturated/α-hetero) is 1. The molecule has 1 N–H and O–H groups in total. The maximum absolute atomic E-state index is 12.3. The highest BCUT2D eigenvalue weighted by molar-refractivity contribution is 5.99. The van der Waals surface area contributed by atoms with Crippen molar-refractivity contribution in [1.29, 1.82) is 0 Å². The van der Waals surface area contributed by atoms with Gasteiger partial charge >= 0.3 is 5.97 Å². The van der Waals surface area contributed by atoms with Gasteiger partial charge < -0.3 is 14.6 Å². The number of esters is 1. The molecule has 0 heterocycles. The fraction of sp³-hybridized carbons (Fsp3) is 0.273. The van der Waals surface area contributed by atoms with Crippen molar-refractivity contribution in [1.82, 2.24) is 0 Å². The highest BCUT2D eigenvalue weighted by atomic mass is 16.5. The first kappa shape index (κ1) is 18.7. The molecule has 0 spiro atoms. The van der Waals surface area contributed by atoms with Crippen LogP contribution in [0.5, 0.6) is 11.5 Å². The van der Waals surface area contributed by atoms with Crippen LogP contribution in [-0.4, -0.2) is 30.6 Å². The van der Waals surface area contributed by atoms with E-state index in [9.17, 15) is 14.7 Å². The van der Waals surface area contributed by atoms with Gasteiger partial charge in [-0.15, -0.1) is 0 Å². The van der Waals surface area contributed by atoms with E-state index in [1.807, 2.05) is 12.1 Å². The molecule has 2 aromatic carbocycles. The Balaban J connectivity index is 1.56. The van der Waals surface area contributed by atoms with E-state index in [-0.39, 0.29) is 18.1 Å². The number of ether oxygens (including phenoxy) is 2. The number of aromatic hydroxyl groups is 1. The molecule has 0 unspecified atom stereocenters. The second-order valence-corrected chi connectivity index (χ2v) is 6.49. The number of aryl methyl sites for hydroxylation is 2. The van der Waals surface area contributed by atoms with Crippen molar-refractivity contribution in [2.75, 3.05) is 13.7 Å². The molecule has 0 radical (unpaired) electrons. The van der Waals surface area contributed by atoms with Crippen LogP contribution in [0.15, 0.2) is 42.5 Å². The molecule has 0 bridgehead atoms. The molecule has 0 aliphatic heterocycles. The molecule has 1 aliphatic carbocycles. The predicted molar refractivity (Wildman–Crippen MR) is 102 cm³/mol. The third-order valence-electron chi connectivity index (χ3n) is 4.63. The lowest BCUT2D eigenvalue weighted by molar-refractivity contribution is -0.136. The van der Waals surface area contributed by atoms with E-state index in [1.165, 1.54) is 42.9 Å². The second kappa shape index (κ2) is 8.54. The summed E-state index contributed by atoms with van der Waals surface area (Å²) in [6, 6.07) is 10.4. The van der Waals surface area contributed by atoms with E-state index in [0.29, 0.717) is 16.9 Å². The molecule has 5 heteroatoms. The van der Waals surface area contributed by atoms with E-state index < -0.39 is 5.97 Å². The Morgan fingerprint density at radius 1 is 1.07 bits per heavy atom. The van der Waals surface area contributed by atoms with Crippen LogP contribution in [0.2, 0.25) is 0 Å². The van der Waals surface area contributed by atoms with Crippen molar-refractivity contribution in [3.63, 3.8) is 0 Å². The third-order valence-corrected chi connectivity index (χ3v) is 4.63. The Hall–Kier alpha value is -3.08. The SMILES string of the molecule is COc1cc(/C=C/C(=O)OCC(=O)c2ccc3c(c2)CCCC3)ccc1O. The van der Waals surface area contributed by atoms with Crippen LogP contribution >= 0.6 is 0 Å². The van der Waals surface area contributed by atoms with Crippen molar-refractivity contribution in [3.8, 4) is 11.5 Å². The van der Waals surface area contributed by atoms with Gasteiger partial charge in [0.05, 0.1) is 7.11 Å². The molecule has 27 heavy (non-hydrogen) atoms. The van der Waals surface area contributed by atoms with Crippen LogP contribution in [0.3, 0.4) is 0 Å². The summed E-state index contributed by atoms with van der Waals surface area (Å²) in [5, 5.41) is 9.56. The van der Waals surface area contributed by atoms with Crippen LogP contribution in [0.4, 0.5) is 0 Å². The molecule has 2 aromatic rings. The number of hydrogen-bond acceptors (Lipinski definition) is 5. The van der Waals surface area contributed by atoms with E-state index in [0.717, 1.165) is 19.3 Å². The fourth-order valence-corrected chi connectivity index (χ4v) is 3.14. The Labute approximate surface area is 158 Å². The zero-order chi connectivity index (χ0) is 19.2. The van der Waals surface area contributed by atoms with Gasteiger partial charge in [0.2, 0.25) is 0 Å². The largest absolute Gasteiger partial charge is 0.504 e. The summed E-state index contributed by atoms with van der Waals surface area (Å²) in [4.78, 5) is 24.1. The second-order valence-electron chi connectivity index (χ2n) is 6.49. The Bertz CT molecular complexity index is 882. The number of hydrogen-bond donors (Lipinski definition) is 1. The molecular formula is C22H22O5. The number of methoxy groups -OCH3 is 1. The molecule has 1 aliphatic rings. The number of benzene rings is 2. The van der Waals surface area contributed by atoms with Gasteiger partial charge in [-0.1, -0.05) is 18.2 Å². The zero-order valence-corrected chi connectivity index (χ0v) is 15.2. The van der Waals surface area contributed by atoms with Crippen molar-refractivity contribution in [3.05, 3.63) is 64.7 Å². The third kappa shape index (κ3) is 4.76. The van der Waals surface area contributed by atoms with Gasteiger partial charge in [0.1, 0.15) is 0 Å². The van der Waals surface area contributed by atoms with Crippen LogP contribution < -0.4 is 4.74 Å². The monoisotopic (exact) mass is 366 g/mol. The summed E-state index contributed by atoms with van der Waals surface area (Å²) in [7, 11) is 1.45. The minimum Gasteiger partial charge on any atom is -0.504 e. The maximum atomic E-state index is 12.3. The van der Waals surface area contributed by atoms with Gasteiger partial charge in [-0.2, -0.15) is 0 Å². The van der Waals surface area contributed by atoms with Gasteiger partial charge in [0, 0.05) is 11.6 Å².